The van der Waals surface area contributed by atoms with Crippen molar-refractivity contribution in [2.45, 2.75) is 20.0 Å². The first-order valence-corrected chi connectivity index (χ1v) is 9.41. The maximum absolute atomic E-state index is 13.1. The summed E-state index contributed by atoms with van der Waals surface area (Å²) >= 11 is 0. The zero-order chi connectivity index (χ0) is 20.9. The van der Waals surface area contributed by atoms with Crippen molar-refractivity contribution < 1.29 is 18.3 Å². The van der Waals surface area contributed by atoms with E-state index in [1.54, 1.807) is 54.3 Å². The summed E-state index contributed by atoms with van der Waals surface area (Å²) in [5, 5.41) is 7.24. The van der Waals surface area contributed by atoms with Gasteiger partial charge in [0, 0.05) is 12.1 Å². The smallest absolute Gasteiger partial charge is 0.336 e. The number of rotatable bonds is 7. The number of carbonyl (C=O) groups is 1. The summed E-state index contributed by atoms with van der Waals surface area (Å²) in [7, 11) is 0. The molecular weight excluding hydrogens is 387 g/mol. The van der Waals surface area contributed by atoms with Gasteiger partial charge >= 0.3 is 6.01 Å². The van der Waals surface area contributed by atoms with Crippen LogP contribution in [-0.4, -0.2) is 20.7 Å². The second-order valence-corrected chi connectivity index (χ2v) is 6.47. The highest BCUT2D eigenvalue weighted by molar-refractivity contribution is 5.90. The van der Waals surface area contributed by atoms with Crippen molar-refractivity contribution in [1.82, 2.24) is 14.8 Å². The number of halogens is 1. The molecule has 30 heavy (non-hydrogen) atoms. The van der Waals surface area contributed by atoms with Gasteiger partial charge in [0.1, 0.15) is 12.4 Å². The van der Waals surface area contributed by atoms with Crippen molar-refractivity contribution >= 4 is 11.6 Å². The molecule has 0 saturated heterocycles. The Balaban J connectivity index is 1.59. The van der Waals surface area contributed by atoms with Crippen LogP contribution in [0.15, 0.2) is 71.3 Å². The van der Waals surface area contributed by atoms with Crippen molar-refractivity contribution in [1.29, 1.82) is 0 Å². The van der Waals surface area contributed by atoms with Gasteiger partial charge in [-0.05, 0) is 54.1 Å². The minimum Gasteiger partial charge on any atom is -0.461 e. The van der Waals surface area contributed by atoms with E-state index in [4.69, 9.17) is 9.15 Å². The highest BCUT2D eigenvalue weighted by Crippen LogP contribution is 2.25. The van der Waals surface area contributed by atoms with E-state index in [-0.39, 0.29) is 24.3 Å². The van der Waals surface area contributed by atoms with Crippen molar-refractivity contribution in [2.24, 2.45) is 0 Å². The summed E-state index contributed by atoms with van der Waals surface area (Å²) in [6, 6.07) is 16.9. The number of hydrogen-bond acceptors (Lipinski definition) is 5. The van der Waals surface area contributed by atoms with Gasteiger partial charge in [0.05, 0.1) is 12.0 Å². The maximum atomic E-state index is 13.1. The second kappa shape index (κ2) is 8.60. The maximum Gasteiger partial charge on any atom is 0.336 e. The van der Waals surface area contributed by atoms with Crippen LogP contribution in [0.2, 0.25) is 0 Å². The molecular formula is C22H19FN4O3. The number of ether oxygens (including phenoxy) is 1. The van der Waals surface area contributed by atoms with Crippen LogP contribution in [-0.2, 0) is 11.4 Å². The lowest BCUT2D eigenvalue weighted by molar-refractivity contribution is -0.115. The van der Waals surface area contributed by atoms with E-state index in [1.807, 2.05) is 12.1 Å². The van der Waals surface area contributed by atoms with Gasteiger partial charge in [0.15, 0.2) is 5.76 Å². The molecule has 0 fully saturated rings. The lowest BCUT2D eigenvalue weighted by Crippen LogP contribution is -2.09. The average Bonchev–Trinajstić information content (AvgIpc) is 3.44. The number of anilines is 1. The molecule has 0 aliphatic carbocycles. The molecule has 0 atom stereocenters. The van der Waals surface area contributed by atoms with Gasteiger partial charge in [-0.2, -0.15) is 4.98 Å². The van der Waals surface area contributed by atoms with Crippen LogP contribution < -0.4 is 10.1 Å². The van der Waals surface area contributed by atoms with Crippen molar-refractivity contribution in [2.75, 3.05) is 5.32 Å². The lowest BCUT2D eigenvalue weighted by Gasteiger charge is -2.07. The van der Waals surface area contributed by atoms with Crippen molar-refractivity contribution in [3.05, 3.63) is 78.3 Å². The Morgan fingerprint density at radius 1 is 1.13 bits per heavy atom. The Morgan fingerprint density at radius 3 is 2.57 bits per heavy atom. The van der Waals surface area contributed by atoms with E-state index in [2.05, 4.69) is 15.4 Å². The standard InChI is InChI=1S/C22H19FN4O3/c1-2-20(28)24-17-9-11-18(12-10-17)27-21(19-4-3-13-29-19)25-22(26-27)30-14-15-5-7-16(23)8-6-15/h3-13H,2,14H2,1H3,(H,24,28). The highest BCUT2D eigenvalue weighted by atomic mass is 19.1. The molecule has 4 aromatic rings. The number of aromatic nitrogens is 3. The molecule has 0 unspecified atom stereocenters. The van der Waals surface area contributed by atoms with Crippen LogP contribution in [0.4, 0.5) is 10.1 Å². The van der Waals surface area contributed by atoms with Gasteiger partial charge in [0.2, 0.25) is 11.7 Å². The Labute approximate surface area is 172 Å². The van der Waals surface area contributed by atoms with Crippen LogP contribution >= 0.6 is 0 Å². The lowest BCUT2D eigenvalue weighted by atomic mass is 10.2. The first-order valence-electron chi connectivity index (χ1n) is 9.41. The summed E-state index contributed by atoms with van der Waals surface area (Å²) < 4.78 is 25.9. The van der Waals surface area contributed by atoms with Crippen LogP contribution in [0.1, 0.15) is 18.9 Å². The Hall–Kier alpha value is -3.94. The van der Waals surface area contributed by atoms with Crippen molar-refractivity contribution in [3.63, 3.8) is 0 Å². The van der Waals surface area contributed by atoms with Gasteiger partial charge < -0.3 is 14.5 Å². The number of hydrogen-bond donors (Lipinski definition) is 1. The minimum absolute atomic E-state index is 0.0590. The number of nitrogens with one attached hydrogen (secondary N) is 1. The number of nitrogens with zero attached hydrogens (tertiary/aromatic N) is 3. The molecule has 4 rings (SSSR count). The fourth-order valence-corrected chi connectivity index (χ4v) is 2.76. The van der Waals surface area contributed by atoms with Gasteiger partial charge in [-0.25, -0.2) is 9.07 Å². The van der Waals surface area contributed by atoms with E-state index in [1.165, 1.54) is 12.1 Å². The van der Waals surface area contributed by atoms with E-state index < -0.39 is 0 Å². The van der Waals surface area contributed by atoms with Crippen LogP contribution in [0.25, 0.3) is 17.3 Å². The Bertz CT molecular complexity index is 1120. The third-order valence-electron chi connectivity index (χ3n) is 4.33. The topological polar surface area (TPSA) is 82.2 Å². The van der Waals surface area contributed by atoms with E-state index >= 15 is 0 Å². The molecule has 1 N–H and O–H groups in total. The first-order chi connectivity index (χ1) is 14.6. The molecule has 7 nitrogen and oxygen atoms in total. The summed E-state index contributed by atoms with van der Waals surface area (Å²) in [5.41, 5.74) is 2.21. The fourth-order valence-electron chi connectivity index (χ4n) is 2.76. The number of amides is 1. The third kappa shape index (κ3) is 4.38. The third-order valence-corrected chi connectivity index (χ3v) is 4.33. The van der Waals surface area contributed by atoms with E-state index in [9.17, 15) is 9.18 Å². The van der Waals surface area contributed by atoms with Crippen LogP contribution in [0.5, 0.6) is 6.01 Å². The fraction of sp³-hybridized carbons (Fsp3) is 0.136. The van der Waals surface area contributed by atoms with E-state index in [0.29, 0.717) is 23.7 Å². The van der Waals surface area contributed by atoms with Crippen molar-refractivity contribution in [3.8, 4) is 23.3 Å². The second-order valence-electron chi connectivity index (χ2n) is 6.47. The zero-order valence-corrected chi connectivity index (χ0v) is 16.2. The van der Waals surface area contributed by atoms with Gasteiger partial charge in [-0.15, -0.1) is 5.10 Å². The molecule has 0 saturated carbocycles. The zero-order valence-electron chi connectivity index (χ0n) is 16.2. The highest BCUT2D eigenvalue weighted by Gasteiger charge is 2.17. The summed E-state index contributed by atoms with van der Waals surface area (Å²) in [6.07, 6.45) is 1.96. The molecule has 8 heteroatoms. The van der Waals surface area contributed by atoms with Gasteiger partial charge in [-0.1, -0.05) is 19.1 Å². The molecule has 2 heterocycles. The average molecular weight is 406 g/mol. The quantitative estimate of drug-likeness (QED) is 0.485. The first kappa shape index (κ1) is 19.4. The molecule has 0 radical (unpaired) electrons. The molecule has 2 aromatic carbocycles. The number of carbonyl (C=O) groups excluding carboxylic acids is 1. The molecule has 1 amide bonds. The molecule has 0 aliphatic heterocycles. The van der Waals surface area contributed by atoms with E-state index in [0.717, 1.165) is 11.3 Å². The predicted octanol–water partition coefficient (Wildman–Crippen LogP) is 4.59. The Morgan fingerprint density at radius 2 is 1.90 bits per heavy atom. The molecule has 0 aliphatic rings. The molecule has 2 aromatic heterocycles. The summed E-state index contributed by atoms with van der Waals surface area (Å²) in [4.78, 5) is 16.0. The summed E-state index contributed by atoms with van der Waals surface area (Å²) in [6.45, 7) is 1.99. The number of benzene rings is 2. The molecule has 0 spiro atoms. The van der Waals surface area contributed by atoms with Gasteiger partial charge in [0.25, 0.3) is 0 Å². The largest absolute Gasteiger partial charge is 0.461 e. The Kier molecular flexibility index (Phi) is 5.56. The number of furan rings is 1. The predicted molar refractivity (Wildman–Crippen MR) is 109 cm³/mol. The van der Waals surface area contributed by atoms with Crippen LogP contribution in [0.3, 0.4) is 0 Å². The molecule has 152 valence electrons. The van der Waals surface area contributed by atoms with Crippen LogP contribution in [0, 0.1) is 5.82 Å². The normalized spacial score (nSPS) is 10.7. The molecule has 0 bridgehead atoms. The monoisotopic (exact) mass is 406 g/mol. The SMILES string of the molecule is CCC(=O)Nc1ccc(-n2nc(OCc3ccc(F)cc3)nc2-c2ccco2)cc1. The minimum atomic E-state index is -0.306. The van der Waals surface area contributed by atoms with Gasteiger partial charge in [-0.3, -0.25) is 4.79 Å². The summed E-state index contributed by atoms with van der Waals surface area (Å²) in [5.74, 6) is 0.637.